The van der Waals surface area contributed by atoms with Crippen molar-refractivity contribution in [3.8, 4) is 11.5 Å². The fourth-order valence-corrected chi connectivity index (χ4v) is 2.63. The van der Waals surface area contributed by atoms with E-state index in [9.17, 15) is 0 Å². The molecule has 1 aliphatic rings. The number of alkyl halides is 1. The predicted molar refractivity (Wildman–Crippen MR) is 81.6 cm³/mol. The summed E-state index contributed by atoms with van der Waals surface area (Å²) in [6.45, 7) is 3.83. The maximum absolute atomic E-state index is 5.60. The molecule has 106 valence electrons. The molecule has 2 aromatic rings. The molecule has 0 fully saturated rings. The van der Waals surface area contributed by atoms with Crippen molar-refractivity contribution in [3.63, 3.8) is 0 Å². The first-order valence-electron chi connectivity index (χ1n) is 6.25. The summed E-state index contributed by atoms with van der Waals surface area (Å²) in [5.74, 6) is 1.56. The van der Waals surface area contributed by atoms with Crippen molar-refractivity contribution in [2.24, 2.45) is 0 Å². The van der Waals surface area contributed by atoms with E-state index in [2.05, 4.69) is 42.2 Å². The molecule has 7 heteroatoms. The second kappa shape index (κ2) is 5.73. The number of rotatable bonds is 3. The minimum absolute atomic E-state index is 0.194. The van der Waals surface area contributed by atoms with Crippen LogP contribution in [0.15, 0.2) is 22.8 Å². The molecule has 0 bridgehead atoms. The van der Waals surface area contributed by atoms with Crippen LogP contribution in [0.2, 0.25) is 0 Å². The van der Waals surface area contributed by atoms with Crippen LogP contribution in [0, 0.1) is 0 Å². The van der Waals surface area contributed by atoms with Crippen LogP contribution in [0.3, 0.4) is 0 Å². The molecule has 0 spiro atoms. The van der Waals surface area contributed by atoms with E-state index >= 15 is 0 Å². The van der Waals surface area contributed by atoms with Crippen molar-refractivity contribution >= 4 is 31.9 Å². The number of nitrogens with zero attached hydrogens (tertiary/aromatic N) is 3. The topological polar surface area (TPSA) is 49.2 Å². The van der Waals surface area contributed by atoms with Gasteiger partial charge in [0.1, 0.15) is 13.2 Å². The minimum atomic E-state index is 0.194. The maximum Gasteiger partial charge on any atom is 0.162 e. The van der Waals surface area contributed by atoms with Crippen LogP contribution >= 0.6 is 31.9 Å². The number of benzene rings is 1. The molecule has 0 aliphatic carbocycles. The fraction of sp³-hybridized carbons (Fsp3) is 0.385. The average molecular weight is 403 g/mol. The Morgan fingerprint density at radius 2 is 2.00 bits per heavy atom. The molecule has 3 rings (SSSR count). The molecule has 1 aromatic carbocycles. The third-order valence-corrected chi connectivity index (χ3v) is 4.21. The fourth-order valence-electron chi connectivity index (χ4n) is 1.97. The van der Waals surface area contributed by atoms with E-state index in [-0.39, 0.29) is 4.83 Å². The smallest absolute Gasteiger partial charge is 0.162 e. The van der Waals surface area contributed by atoms with Gasteiger partial charge in [-0.25, -0.2) is 4.68 Å². The zero-order valence-corrected chi connectivity index (χ0v) is 14.0. The van der Waals surface area contributed by atoms with Crippen molar-refractivity contribution < 1.29 is 9.47 Å². The standard InChI is InChI=1S/C13H13Br2N3O2/c1-8(14)11-7-18(17-16-11)6-9-4-12-13(5-10(9)15)20-3-2-19-12/h4-5,7-8H,2-3,6H2,1H3. The molecule has 0 saturated heterocycles. The first kappa shape index (κ1) is 13.9. The Kier molecular flexibility index (Phi) is 3.98. The summed E-state index contributed by atoms with van der Waals surface area (Å²) >= 11 is 7.05. The molecule has 1 unspecified atom stereocenters. The molecule has 0 saturated carbocycles. The van der Waals surface area contributed by atoms with Gasteiger partial charge < -0.3 is 9.47 Å². The molecule has 1 aromatic heterocycles. The number of hydrogen-bond donors (Lipinski definition) is 0. The Morgan fingerprint density at radius 3 is 2.65 bits per heavy atom. The molecule has 0 radical (unpaired) electrons. The summed E-state index contributed by atoms with van der Waals surface area (Å²) in [6, 6.07) is 3.92. The van der Waals surface area contributed by atoms with Gasteiger partial charge in [0.25, 0.3) is 0 Å². The quantitative estimate of drug-likeness (QED) is 0.739. The van der Waals surface area contributed by atoms with Gasteiger partial charge in [-0.1, -0.05) is 37.1 Å². The molecular weight excluding hydrogens is 390 g/mol. The molecule has 20 heavy (non-hydrogen) atoms. The molecule has 2 heterocycles. The molecule has 0 amide bonds. The van der Waals surface area contributed by atoms with Gasteiger partial charge in [-0.2, -0.15) is 0 Å². The van der Waals surface area contributed by atoms with E-state index in [0.717, 1.165) is 27.2 Å². The Balaban J connectivity index is 1.86. The highest BCUT2D eigenvalue weighted by Crippen LogP contribution is 2.35. The lowest BCUT2D eigenvalue weighted by Gasteiger charge is -2.19. The maximum atomic E-state index is 5.60. The molecule has 1 atom stereocenters. The predicted octanol–water partition coefficient (Wildman–Crippen LogP) is 3.32. The van der Waals surface area contributed by atoms with Crippen LogP contribution in [0.5, 0.6) is 11.5 Å². The van der Waals surface area contributed by atoms with E-state index in [4.69, 9.17) is 9.47 Å². The van der Waals surface area contributed by atoms with Crippen LogP contribution in [-0.2, 0) is 6.54 Å². The summed E-state index contributed by atoms with van der Waals surface area (Å²) in [4.78, 5) is 0.194. The lowest BCUT2D eigenvalue weighted by atomic mass is 10.2. The van der Waals surface area contributed by atoms with E-state index in [1.54, 1.807) is 0 Å². The molecule has 1 aliphatic heterocycles. The first-order chi connectivity index (χ1) is 9.63. The number of aromatic nitrogens is 3. The number of hydrogen-bond acceptors (Lipinski definition) is 4. The first-order valence-corrected chi connectivity index (χ1v) is 7.96. The Bertz CT molecular complexity index is 628. The van der Waals surface area contributed by atoms with Crippen molar-refractivity contribution in [1.29, 1.82) is 0 Å². The van der Waals surface area contributed by atoms with Gasteiger partial charge >= 0.3 is 0 Å². The number of ether oxygens (including phenoxy) is 2. The Morgan fingerprint density at radius 1 is 1.30 bits per heavy atom. The third kappa shape index (κ3) is 2.83. The zero-order valence-electron chi connectivity index (χ0n) is 10.8. The van der Waals surface area contributed by atoms with Gasteiger partial charge in [-0.15, -0.1) is 5.10 Å². The van der Waals surface area contributed by atoms with Crippen LogP contribution in [0.1, 0.15) is 23.0 Å². The second-order valence-corrected chi connectivity index (χ2v) is 6.77. The monoisotopic (exact) mass is 401 g/mol. The van der Waals surface area contributed by atoms with Gasteiger partial charge in [0.05, 0.1) is 17.1 Å². The van der Waals surface area contributed by atoms with E-state index < -0.39 is 0 Å². The highest BCUT2D eigenvalue weighted by Gasteiger charge is 2.15. The summed E-state index contributed by atoms with van der Waals surface area (Å²) in [5.41, 5.74) is 1.99. The van der Waals surface area contributed by atoms with Crippen molar-refractivity contribution in [3.05, 3.63) is 34.1 Å². The van der Waals surface area contributed by atoms with Crippen LogP contribution in [-0.4, -0.2) is 28.2 Å². The van der Waals surface area contributed by atoms with E-state index in [1.165, 1.54) is 0 Å². The van der Waals surface area contributed by atoms with Gasteiger partial charge in [-0.3, -0.25) is 0 Å². The molecule has 5 nitrogen and oxygen atoms in total. The molecular formula is C13H13Br2N3O2. The van der Waals surface area contributed by atoms with Crippen LogP contribution in [0.4, 0.5) is 0 Å². The van der Waals surface area contributed by atoms with Crippen molar-refractivity contribution in [2.45, 2.75) is 18.3 Å². The lowest BCUT2D eigenvalue weighted by Crippen LogP contribution is -2.16. The largest absolute Gasteiger partial charge is 0.486 e. The van der Waals surface area contributed by atoms with Gasteiger partial charge in [-0.05, 0) is 24.6 Å². The number of fused-ring (bicyclic) bond motifs is 1. The third-order valence-electron chi connectivity index (χ3n) is 3.01. The molecule has 0 N–H and O–H groups in total. The van der Waals surface area contributed by atoms with E-state index in [0.29, 0.717) is 19.8 Å². The lowest BCUT2D eigenvalue weighted by molar-refractivity contribution is 0.171. The van der Waals surface area contributed by atoms with Crippen LogP contribution < -0.4 is 9.47 Å². The number of halogens is 2. The average Bonchev–Trinajstić information content (AvgIpc) is 2.88. The Labute approximate surface area is 133 Å². The Hall–Kier alpha value is -1.08. The van der Waals surface area contributed by atoms with Crippen molar-refractivity contribution in [1.82, 2.24) is 15.0 Å². The highest BCUT2D eigenvalue weighted by atomic mass is 79.9. The van der Waals surface area contributed by atoms with Gasteiger partial charge in [0, 0.05) is 10.7 Å². The zero-order chi connectivity index (χ0) is 14.1. The summed E-state index contributed by atoms with van der Waals surface area (Å²) in [7, 11) is 0. The minimum Gasteiger partial charge on any atom is -0.486 e. The summed E-state index contributed by atoms with van der Waals surface area (Å²) in [5, 5.41) is 8.25. The summed E-state index contributed by atoms with van der Waals surface area (Å²) in [6.07, 6.45) is 1.93. The van der Waals surface area contributed by atoms with Gasteiger partial charge in [0.15, 0.2) is 11.5 Å². The SMILES string of the molecule is CC(Br)c1cn(Cc2cc3c(cc2Br)OCCO3)nn1. The van der Waals surface area contributed by atoms with Gasteiger partial charge in [0.2, 0.25) is 0 Å². The highest BCUT2D eigenvalue weighted by molar-refractivity contribution is 9.10. The van der Waals surface area contributed by atoms with Crippen molar-refractivity contribution in [2.75, 3.05) is 13.2 Å². The second-order valence-electron chi connectivity index (χ2n) is 4.54. The van der Waals surface area contributed by atoms with Crippen LogP contribution in [0.25, 0.3) is 0 Å². The van der Waals surface area contributed by atoms with E-state index in [1.807, 2.05) is 29.9 Å². The normalized spacial score (nSPS) is 15.2. The summed E-state index contributed by atoms with van der Waals surface area (Å²) < 4.78 is 13.9.